The summed E-state index contributed by atoms with van der Waals surface area (Å²) in [6.45, 7) is 1.02. The average Bonchev–Trinajstić information content (AvgIpc) is 2.63. The summed E-state index contributed by atoms with van der Waals surface area (Å²) in [5.41, 5.74) is 4.55. The first-order chi connectivity index (χ1) is 13.8. The zero-order valence-corrected chi connectivity index (χ0v) is 15.6. The summed E-state index contributed by atoms with van der Waals surface area (Å²) >= 11 is 0. The van der Waals surface area contributed by atoms with Crippen molar-refractivity contribution in [3.8, 4) is 5.75 Å². The summed E-state index contributed by atoms with van der Waals surface area (Å²) in [6, 6.07) is 5.24. The van der Waals surface area contributed by atoms with Gasteiger partial charge >= 0.3 is 0 Å². The van der Waals surface area contributed by atoms with Gasteiger partial charge < -0.3 is 20.5 Å². The first-order valence-electron chi connectivity index (χ1n) is 8.98. The van der Waals surface area contributed by atoms with Crippen molar-refractivity contribution in [2.45, 2.75) is 18.3 Å². The van der Waals surface area contributed by atoms with E-state index in [0.717, 1.165) is 6.07 Å². The van der Waals surface area contributed by atoms with Gasteiger partial charge in [-0.05, 0) is 31.0 Å². The second-order valence-corrected chi connectivity index (χ2v) is 7.62. The molecule has 152 valence electrons. The van der Waals surface area contributed by atoms with Gasteiger partial charge in [-0.15, -0.1) is 0 Å². The summed E-state index contributed by atoms with van der Waals surface area (Å²) in [4.78, 5) is 28.5. The highest BCUT2D eigenvalue weighted by Gasteiger charge is 2.63. The van der Waals surface area contributed by atoms with Crippen molar-refractivity contribution >= 4 is 17.5 Å². The molecule has 0 atom stereocenters. The average molecular weight is 403 g/mol. The fourth-order valence-electron chi connectivity index (χ4n) is 4.30. The summed E-state index contributed by atoms with van der Waals surface area (Å²) < 4.78 is 38.5. The number of nitrogens with one attached hydrogen (secondary N) is 1. The normalized spacial score (nSPS) is 18.4. The smallest absolute Gasteiger partial charge is 0.267 e. The van der Waals surface area contributed by atoms with Crippen LogP contribution in [-0.2, 0) is 14.9 Å². The van der Waals surface area contributed by atoms with Crippen LogP contribution in [0.1, 0.15) is 28.9 Å². The molecule has 9 heteroatoms. The quantitative estimate of drug-likeness (QED) is 0.796. The fraction of sp³-hybridized carbons (Fsp3) is 0.350. The number of hydrogen-bond donors (Lipinski definition) is 2. The molecule has 4 rings (SSSR count). The Hall–Kier alpha value is -3.07. The van der Waals surface area contributed by atoms with E-state index in [1.165, 1.54) is 31.5 Å². The van der Waals surface area contributed by atoms with Gasteiger partial charge in [0.25, 0.3) is 5.91 Å². The van der Waals surface area contributed by atoms with Gasteiger partial charge in [-0.2, -0.15) is 4.39 Å². The molecule has 0 unspecified atom stereocenters. The predicted octanol–water partition coefficient (Wildman–Crippen LogP) is 2.15. The molecule has 3 N–H and O–H groups in total. The van der Waals surface area contributed by atoms with Crippen LogP contribution >= 0.6 is 0 Å². The van der Waals surface area contributed by atoms with Gasteiger partial charge in [0.1, 0.15) is 5.69 Å². The van der Waals surface area contributed by atoms with Crippen LogP contribution in [0.5, 0.6) is 5.75 Å². The minimum Gasteiger partial charge on any atom is -0.493 e. The monoisotopic (exact) mass is 403 g/mol. The van der Waals surface area contributed by atoms with E-state index >= 15 is 0 Å². The Morgan fingerprint density at radius 1 is 1.24 bits per heavy atom. The number of hydrogen-bond acceptors (Lipinski definition) is 5. The van der Waals surface area contributed by atoms with Crippen LogP contribution < -0.4 is 15.8 Å². The topological polar surface area (TPSA) is 104 Å². The number of nitrogens with two attached hydrogens (primary N) is 1. The van der Waals surface area contributed by atoms with Gasteiger partial charge in [0.2, 0.25) is 11.7 Å². The summed E-state index contributed by atoms with van der Waals surface area (Å²) in [7, 11) is 1.23. The SMILES string of the molecule is COc1c(C2(C(=O)Nc3ccnc(C(N)=O)c3)CC3(COC3)C2)ccc(F)c1F. The number of methoxy groups -OCH3 is 1. The molecule has 2 heterocycles. The van der Waals surface area contributed by atoms with Crippen LogP contribution in [0.15, 0.2) is 30.5 Å². The Morgan fingerprint density at radius 2 is 1.97 bits per heavy atom. The van der Waals surface area contributed by atoms with Crippen LogP contribution in [-0.4, -0.2) is 37.1 Å². The van der Waals surface area contributed by atoms with Crippen molar-refractivity contribution in [1.29, 1.82) is 0 Å². The van der Waals surface area contributed by atoms with Crippen molar-refractivity contribution in [1.82, 2.24) is 4.98 Å². The molecule has 1 aromatic heterocycles. The molecule has 29 heavy (non-hydrogen) atoms. The fourth-order valence-corrected chi connectivity index (χ4v) is 4.30. The van der Waals surface area contributed by atoms with Crippen LogP contribution in [0.4, 0.5) is 14.5 Å². The number of benzene rings is 1. The minimum atomic E-state index is -1.14. The van der Waals surface area contributed by atoms with Gasteiger partial charge in [-0.25, -0.2) is 4.39 Å². The molecule has 2 aromatic rings. The third kappa shape index (κ3) is 3.02. The highest BCUT2D eigenvalue weighted by molar-refractivity contribution is 6.01. The van der Waals surface area contributed by atoms with Gasteiger partial charge in [-0.3, -0.25) is 14.6 Å². The van der Waals surface area contributed by atoms with E-state index in [2.05, 4.69) is 10.3 Å². The Kier molecular flexibility index (Phi) is 4.49. The number of aromatic nitrogens is 1. The third-order valence-corrected chi connectivity index (χ3v) is 5.64. The molecule has 1 aromatic carbocycles. The molecule has 0 bridgehead atoms. The summed E-state index contributed by atoms with van der Waals surface area (Å²) in [5.74, 6) is -3.62. The second-order valence-electron chi connectivity index (χ2n) is 7.62. The van der Waals surface area contributed by atoms with E-state index in [-0.39, 0.29) is 22.4 Å². The number of halogens is 2. The molecule has 1 saturated carbocycles. The molecule has 2 aliphatic rings. The third-order valence-electron chi connectivity index (χ3n) is 5.64. The van der Waals surface area contributed by atoms with Gasteiger partial charge in [0.05, 0.1) is 25.7 Å². The zero-order chi connectivity index (χ0) is 20.8. The van der Waals surface area contributed by atoms with Crippen molar-refractivity contribution in [3.05, 3.63) is 53.4 Å². The molecule has 1 spiro atoms. The lowest BCUT2D eigenvalue weighted by Gasteiger charge is -2.59. The molecule has 1 saturated heterocycles. The lowest BCUT2D eigenvalue weighted by atomic mass is 9.49. The van der Waals surface area contributed by atoms with Gasteiger partial charge in [0, 0.05) is 22.9 Å². The van der Waals surface area contributed by atoms with Crippen molar-refractivity contribution < 1.29 is 27.8 Å². The molecule has 2 amide bonds. The largest absolute Gasteiger partial charge is 0.493 e. The molecule has 1 aliphatic heterocycles. The zero-order valence-electron chi connectivity index (χ0n) is 15.6. The van der Waals surface area contributed by atoms with Crippen LogP contribution in [0, 0.1) is 17.0 Å². The molecule has 0 radical (unpaired) electrons. The van der Waals surface area contributed by atoms with Crippen molar-refractivity contribution in [3.63, 3.8) is 0 Å². The number of primary amides is 1. The van der Waals surface area contributed by atoms with E-state index in [9.17, 15) is 18.4 Å². The molecular formula is C20H19F2N3O4. The number of rotatable bonds is 5. The lowest BCUT2D eigenvalue weighted by Crippen LogP contribution is -2.63. The lowest BCUT2D eigenvalue weighted by molar-refractivity contribution is -0.191. The van der Waals surface area contributed by atoms with Gasteiger partial charge in [-0.1, -0.05) is 6.07 Å². The van der Waals surface area contributed by atoms with Crippen molar-refractivity contribution in [2.75, 3.05) is 25.6 Å². The number of carbonyl (C=O) groups excluding carboxylic acids is 2. The maximum Gasteiger partial charge on any atom is 0.267 e. The van der Waals surface area contributed by atoms with Gasteiger partial charge in [0.15, 0.2) is 11.6 Å². The van der Waals surface area contributed by atoms with E-state index in [1.807, 2.05) is 0 Å². The Bertz CT molecular complexity index is 999. The van der Waals surface area contributed by atoms with E-state index < -0.39 is 28.9 Å². The Morgan fingerprint density at radius 3 is 2.55 bits per heavy atom. The molecule has 7 nitrogen and oxygen atoms in total. The number of nitrogens with zero attached hydrogens (tertiary/aromatic N) is 1. The molecule has 2 fully saturated rings. The summed E-state index contributed by atoms with van der Waals surface area (Å²) in [5, 5.41) is 2.75. The van der Waals surface area contributed by atoms with E-state index in [4.69, 9.17) is 15.2 Å². The number of anilines is 1. The molecule has 1 aliphatic carbocycles. The predicted molar refractivity (Wildman–Crippen MR) is 98.5 cm³/mol. The summed E-state index contributed by atoms with van der Waals surface area (Å²) in [6.07, 6.45) is 2.16. The van der Waals surface area contributed by atoms with Crippen LogP contribution in [0.3, 0.4) is 0 Å². The highest BCUT2D eigenvalue weighted by Crippen LogP contribution is 2.61. The standard InChI is InChI=1S/C20H19F2N3O4/c1-28-16-12(2-3-13(21)15(16)22)20(7-19(8-20)9-29-10-19)18(27)25-11-4-5-24-14(6-11)17(23)26/h2-6H,7-10H2,1H3,(H2,23,26)(H,24,25,27). The van der Waals surface area contributed by atoms with Crippen LogP contribution in [0.2, 0.25) is 0 Å². The first kappa shape index (κ1) is 19.3. The number of amides is 2. The highest BCUT2D eigenvalue weighted by atomic mass is 19.2. The number of ether oxygens (including phenoxy) is 2. The maximum absolute atomic E-state index is 14.4. The van der Waals surface area contributed by atoms with E-state index in [1.54, 1.807) is 0 Å². The number of pyridine rings is 1. The maximum atomic E-state index is 14.4. The Balaban J connectivity index is 1.72. The molecular weight excluding hydrogens is 384 g/mol. The Labute approximate surface area is 165 Å². The second kappa shape index (κ2) is 6.77. The van der Waals surface area contributed by atoms with Crippen molar-refractivity contribution in [2.24, 2.45) is 11.1 Å². The number of carbonyl (C=O) groups is 2. The van der Waals surface area contributed by atoms with E-state index in [0.29, 0.717) is 31.7 Å². The first-order valence-corrected chi connectivity index (χ1v) is 8.98. The minimum absolute atomic E-state index is 0.000250. The van der Waals surface area contributed by atoms with Crippen LogP contribution in [0.25, 0.3) is 0 Å².